The molecule has 0 aliphatic carbocycles. The quantitative estimate of drug-likeness (QED) is 0.508. The van der Waals surface area contributed by atoms with Crippen LogP contribution in [0.1, 0.15) is 11.3 Å². The third kappa shape index (κ3) is 3.96. The highest BCUT2D eigenvalue weighted by Crippen LogP contribution is 2.42. The van der Waals surface area contributed by atoms with Crippen molar-refractivity contribution in [3.63, 3.8) is 0 Å². The van der Waals surface area contributed by atoms with Crippen LogP contribution in [0.5, 0.6) is 5.75 Å². The van der Waals surface area contributed by atoms with E-state index in [9.17, 15) is 9.59 Å². The number of thioether (sulfide) groups is 1. The molecular weight excluding hydrogens is 412 g/mol. The van der Waals surface area contributed by atoms with Gasteiger partial charge < -0.3 is 14.1 Å². The summed E-state index contributed by atoms with van der Waals surface area (Å²) in [4.78, 5) is 30.5. The Morgan fingerprint density at radius 1 is 0.968 bits per heavy atom. The summed E-state index contributed by atoms with van der Waals surface area (Å²) in [6.07, 6.45) is 1.59. The molecule has 6 nitrogen and oxygen atoms in total. The summed E-state index contributed by atoms with van der Waals surface area (Å²) in [5, 5.41) is 0. The van der Waals surface area contributed by atoms with Crippen LogP contribution in [0.4, 0.5) is 11.4 Å². The van der Waals surface area contributed by atoms with Gasteiger partial charge in [0.15, 0.2) is 0 Å². The van der Waals surface area contributed by atoms with Crippen molar-refractivity contribution in [1.29, 1.82) is 0 Å². The molecule has 31 heavy (non-hydrogen) atoms. The first kappa shape index (κ1) is 20.8. The van der Waals surface area contributed by atoms with Gasteiger partial charge in [0, 0.05) is 25.3 Å². The molecule has 3 aromatic rings. The van der Waals surface area contributed by atoms with Crippen molar-refractivity contribution in [1.82, 2.24) is 0 Å². The number of imide groups is 1. The average Bonchev–Trinajstić information content (AvgIpc) is 3.38. The Kier molecular flexibility index (Phi) is 5.86. The molecule has 0 fully saturated rings. The molecule has 4 rings (SSSR count). The predicted octanol–water partition coefficient (Wildman–Crippen LogP) is 4.57. The molecule has 0 bridgehead atoms. The summed E-state index contributed by atoms with van der Waals surface area (Å²) >= 11 is 1.29. The van der Waals surface area contributed by atoms with Gasteiger partial charge in [-0.3, -0.25) is 9.59 Å². The molecule has 1 aliphatic heterocycles. The maximum Gasteiger partial charge on any atom is 0.272 e. The minimum absolute atomic E-state index is 0.343. The fourth-order valence-electron chi connectivity index (χ4n) is 3.40. The van der Waals surface area contributed by atoms with Crippen LogP contribution in [0, 0.1) is 0 Å². The summed E-state index contributed by atoms with van der Waals surface area (Å²) in [6.45, 7) is 0. The van der Waals surface area contributed by atoms with Gasteiger partial charge in [-0.25, -0.2) is 4.90 Å². The number of para-hydroxylation sites is 1. The van der Waals surface area contributed by atoms with Gasteiger partial charge in [0.1, 0.15) is 11.5 Å². The average molecular weight is 435 g/mol. The van der Waals surface area contributed by atoms with Gasteiger partial charge in [0.05, 0.1) is 35.3 Å². The zero-order valence-electron chi connectivity index (χ0n) is 17.5. The molecule has 0 unspecified atom stereocenters. The second kappa shape index (κ2) is 8.73. The molecular formula is C24H22N2O4S. The van der Waals surface area contributed by atoms with Crippen LogP contribution < -0.4 is 14.5 Å². The van der Waals surface area contributed by atoms with E-state index in [1.165, 1.54) is 16.7 Å². The first-order valence-corrected chi connectivity index (χ1v) is 10.7. The molecule has 0 spiro atoms. The Bertz CT molecular complexity index is 1130. The van der Waals surface area contributed by atoms with Crippen molar-refractivity contribution in [3.05, 3.63) is 83.2 Å². The second-order valence-corrected chi connectivity index (χ2v) is 8.11. The first-order chi connectivity index (χ1) is 15.0. The number of hydrogen-bond acceptors (Lipinski definition) is 6. The number of methoxy groups -OCH3 is 1. The van der Waals surface area contributed by atoms with E-state index in [4.69, 9.17) is 9.15 Å². The maximum absolute atomic E-state index is 13.5. The lowest BCUT2D eigenvalue weighted by atomic mass is 10.0. The SMILES string of the molecule is COc1ccccc1C1=C(SCc2ccco2)C(=O)N(c2ccc(N(C)C)cc2)C1=O. The largest absolute Gasteiger partial charge is 0.496 e. The second-order valence-electron chi connectivity index (χ2n) is 7.13. The molecule has 1 aliphatic rings. The van der Waals surface area contributed by atoms with Gasteiger partial charge >= 0.3 is 0 Å². The van der Waals surface area contributed by atoms with E-state index in [0.717, 1.165) is 11.4 Å². The predicted molar refractivity (Wildman–Crippen MR) is 123 cm³/mol. The number of benzene rings is 2. The van der Waals surface area contributed by atoms with E-state index in [0.29, 0.717) is 33.2 Å². The Morgan fingerprint density at radius 3 is 2.35 bits per heavy atom. The first-order valence-electron chi connectivity index (χ1n) is 9.70. The minimum atomic E-state index is -0.367. The number of nitrogens with zero attached hydrogens (tertiary/aromatic N) is 2. The molecule has 0 atom stereocenters. The number of rotatable bonds is 7. The van der Waals surface area contributed by atoms with E-state index >= 15 is 0 Å². The molecule has 1 aromatic heterocycles. The van der Waals surface area contributed by atoms with Crippen LogP contribution >= 0.6 is 11.8 Å². The molecule has 2 heterocycles. The summed E-state index contributed by atoms with van der Waals surface area (Å²) in [6, 6.07) is 18.2. The molecule has 7 heteroatoms. The van der Waals surface area contributed by atoms with E-state index < -0.39 is 0 Å². The topological polar surface area (TPSA) is 63.0 Å². The van der Waals surface area contributed by atoms with Gasteiger partial charge in [0.25, 0.3) is 11.8 Å². The van der Waals surface area contributed by atoms with Crippen molar-refractivity contribution in [2.75, 3.05) is 31.0 Å². The Hall–Kier alpha value is -3.45. The van der Waals surface area contributed by atoms with Crippen LogP contribution in [0.25, 0.3) is 5.57 Å². The molecule has 2 aromatic carbocycles. The molecule has 0 radical (unpaired) electrons. The zero-order valence-corrected chi connectivity index (χ0v) is 18.3. The number of carbonyl (C=O) groups excluding carboxylic acids is 2. The van der Waals surface area contributed by atoms with Crippen molar-refractivity contribution < 1.29 is 18.7 Å². The van der Waals surface area contributed by atoms with Gasteiger partial charge in [0.2, 0.25) is 0 Å². The lowest BCUT2D eigenvalue weighted by Crippen LogP contribution is -2.31. The number of anilines is 2. The van der Waals surface area contributed by atoms with Gasteiger partial charge in [-0.05, 0) is 42.5 Å². The van der Waals surface area contributed by atoms with Crippen LogP contribution in [0.3, 0.4) is 0 Å². The Balaban J connectivity index is 1.76. The Morgan fingerprint density at radius 2 is 1.71 bits per heavy atom. The number of ether oxygens (including phenoxy) is 1. The van der Waals surface area contributed by atoms with Gasteiger partial charge in [-0.15, -0.1) is 11.8 Å². The van der Waals surface area contributed by atoms with E-state index in [2.05, 4.69) is 0 Å². The van der Waals surface area contributed by atoms with Gasteiger partial charge in [-0.1, -0.05) is 18.2 Å². The number of hydrogen-bond donors (Lipinski definition) is 0. The summed E-state index contributed by atoms with van der Waals surface area (Å²) < 4.78 is 10.9. The summed E-state index contributed by atoms with van der Waals surface area (Å²) in [5.74, 6) is 0.993. The highest BCUT2D eigenvalue weighted by Gasteiger charge is 2.41. The molecule has 0 saturated heterocycles. The van der Waals surface area contributed by atoms with E-state index in [1.54, 1.807) is 43.7 Å². The number of amides is 2. The highest BCUT2D eigenvalue weighted by atomic mass is 32.2. The van der Waals surface area contributed by atoms with E-state index in [-0.39, 0.29) is 11.8 Å². The lowest BCUT2D eigenvalue weighted by Gasteiger charge is -2.18. The molecule has 2 amide bonds. The van der Waals surface area contributed by atoms with Crippen LogP contribution in [-0.2, 0) is 15.3 Å². The summed E-state index contributed by atoms with van der Waals surface area (Å²) in [5.41, 5.74) is 2.45. The fraction of sp³-hybridized carbons (Fsp3) is 0.167. The third-order valence-corrected chi connectivity index (χ3v) is 6.08. The minimum Gasteiger partial charge on any atom is -0.496 e. The van der Waals surface area contributed by atoms with Crippen LogP contribution in [0.2, 0.25) is 0 Å². The highest BCUT2D eigenvalue weighted by molar-refractivity contribution is 8.03. The molecule has 158 valence electrons. The van der Waals surface area contributed by atoms with Gasteiger partial charge in [-0.2, -0.15) is 0 Å². The van der Waals surface area contributed by atoms with Crippen molar-refractivity contribution in [2.45, 2.75) is 5.75 Å². The smallest absolute Gasteiger partial charge is 0.272 e. The lowest BCUT2D eigenvalue weighted by molar-refractivity contribution is -0.119. The van der Waals surface area contributed by atoms with Crippen LogP contribution in [-0.4, -0.2) is 33.0 Å². The van der Waals surface area contributed by atoms with Crippen molar-refractivity contribution >= 4 is 40.5 Å². The fourth-order valence-corrected chi connectivity index (χ4v) is 4.41. The van der Waals surface area contributed by atoms with Crippen molar-refractivity contribution in [2.24, 2.45) is 0 Å². The third-order valence-electron chi connectivity index (χ3n) is 4.98. The summed E-state index contributed by atoms with van der Waals surface area (Å²) in [7, 11) is 5.42. The zero-order chi connectivity index (χ0) is 22.0. The van der Waals surface area contributed by atoms with Crippen LogP contribution in [0.15, 0.2) is 76.2 Å². The van der Waals surface area contributed by atoms with E-state index in [1.807, 2.05) is 49.3 Å². The maximum atomic E-state index is 13.5. The standard InChI is InChI=1S/C24H22N2O4S/c1-25(2)16-10-12-17(13-11-16)26-23(27)21(19-8-4-5-9-20(19)29-3)22(24(26)28)31-15-18-7-6-14-30-18/h4-14H,15H2,1-3H3. The Labute approximate surface area is 185 Å². The van der Waals surface area contributed by atoms with Crippen molar-refractivity contribution in [3.8, 4) is 5.75 Å². The monoisotopic (exact) mass is 434 g/mol. The molecule has 0 saturated carbocycles. The number of furan rings is 1. The normalized spacial score (nSPS) is 13.8. The molecule has 0 N–H and O–H groups in total. The number of carbonyl (C=O) groups is 2.